The van der Waals surface area contributed by atoms with Crippen molar-refractivity contribution in [3.63, 3.8) is 0 Å². The Balaban J connectivity index is 1.94. The van der Waals surface area contributed by atoms with E-state index in [1.807, 2.05) is 0 Å². The van der Waals surface area contributed by atoms with Crippen molar-refractivity contribution in [1.82, 2.24) is 19.9 Å². The lowest BCUT2D eigenvalue weighted by Gasteiger charge is -2.24. The third-order valence-electron chi connectivity index (χ3n) is 3.71. The molecule has 2 atom stereocenters. The second-order valence-corrected chi connectivity index (χ2v) is 7.49. The van der Waals surface area contributed by atoms with E-state index in [0.29, 0.717) is 6.42 Å². The van der Waals surface area contributed by atoms with Crippen molar-refractivity contribution in [3.8, 4) is 0 Å². The topological polar surface area (TPSA) is 88.8 Å². The molecule has 0 spiro atoms. The highest BCUT2D eigenvalue weighted by Gasteiger charge is 2.39. The maximum Gasteiger partial charge on any atom is 0.415 e. The molecule has 1 aliphatic carbocycles. The van der Waals surface area contributed by atoms with Gasteiger partial charge in [0.25, 0.3) is 5.91 Å². The van der Waals surface area contributed by atoms with Gasteiger partial charge in [0.1, 0.15) is 28.3 Å². The molecule has 1 unspecified atom stereocenters. The number of hydrogen-bond acceptors (Lipinski definition) is 5. The average molecular weight is 384 g/mol. The number of anilines is 1. The first-order valence-corrected chi connectivity index (χ1v) is 8.40. The molecule has 140 valence electrons. The van der Waals surface area contributed by atoms with Crippen LogP contribution in [0.1, 0.15) is 37.6 Å². The summed E-state index contributed by atoms with van der Waals surface area (Å²) in [5.74, 6) is -0.214. The van der Waals surface area contributed by atoms with Gasteiger partial charge in [-0.1, -0.05) is 11.6 Å². The molecule has 1 N–H and O–H groups in total. The molecule has 2 heterocycles. The highest BCUT2D eigenvalue weighted by atomic mass is 35.5. The van der Waals surface area contributed by atoms with E-state index in [4.69, 9.17) is 16.3 Å². The average Bonchev–Trinajstić information content (AvgIpc) is 3.04. The quantitative estimate of drug-likeness (QED) is 0.823. The van der Waals surface area contributed by atoms with Gasteiger partial charge in [-0.25, -0.2) is 14.2 Å². The summed E-state index contributed by atoms with van der Waals surface area (Å²) in [6.45, 7) is 5.25. The van der Waals surface area contributed by atoms with Gasteiger partial charge in [0.15, 0.2) is 5.65 Å². The Morgan fingerprint density at radius 2 is 2.12 bits per heavy atom. The molecule has 2 aromatic rings. The van der Waals surface area contributed by atoms with Crippen LogP contribution >= 0.6 is 11.6 Å². The van der Waals surface area contributed by atoms with Gasteiger partial charge >= 0.3 is 6.09 Å². The second kappa shape index (κ2) is 6.39. The summed E-state index contributed by atoms with van der Waals surface area (Å²) in [4.78, 5) is 30.0. The predicted molar refractivity (Wildman–Crippen MR) is 93.4 cm³/mol. The summed E-state index contributed by atoms with van der Waals surface area (Å²) in [6.07, 6.45) is -0.0334. The SMILES string of the molecule is CN(C(=O)OC(C)(C)C)c1cc(Cl)nc2c(C(=O)NC3C[C@@H]3F)cnn12. The largest absolute Gasteiger partial charge is 0.443 e. The molecule has 0 aliphatic heterocycles. The maximum absolute atomic E-state index is 13.0. The fourth-order valence-electron chi connectivity index (χ4n) is 2.30. The third-order valence-corrected chi connectivity index (χ3v) is 3.90. The molecule has 2 amide bonds. The molecule has 1 fully saturated rings. The van der Waals surface area contributed by atoms with Gasteiger partial charge in [-0.15, -0.1) is 0 Å². The number of carbonyl (C=O) groups excluding carboxylic acids is 2. The molecule has 3 rings (SSSR count). The number of halogens is 2. The number of rotatable bonds is 3. The summed E-state index contributed by atoms with van der Waals surface area (Å²) in [5.41, 5.74) is -0.370. The van der Waals surface area contributed by atoms with Gasteiger partial charge in [-0.2, -0.15) is 9.61 Å². The van der Waals surface area contributed by atoms with Gasteiger partial charge < -0.3 is 10.1 Å². The summed E-state index contributed by atoms with van der Waals surface area (Å²) in [6, 6.07) is 0.951. The molecule has 26 heavy (non-hydrogen) atoms. The summed E-state index contributed by atoms with van der Waals surface area (Å²) in [5, 5.41) is 6.76. The Morgan fingerprint density at radius 3 is 2.69 bits per heavy atom. The summed E-state index contributed by atoms with van der Waals surface area (Å²) >= 11 is 6.06. The van der Waals surface area contributed by atoms with E-state index in [0.717, 1.165) is 0 Å². The first-order chi connectivity index (χ1) is 12.1. The van der Waals surface area contributed by atoms with Crippen molar-refractivity contribution in [2.45, 2.75) is 45.0 Å². The minimum atomic E-state index is -1.02. The van der Waals surface area contributed by atoms with Crippen molar-refractivity contribution in [1.29, 1.82) is 0 Å². The Bertz CT molecular complexity index is 879. The zero-order valence-electron chi connectivity index (χ0n) is 14.8. The molecule has 0 saturated heterocycles. The monoisotopic (exact) mass is 383 g/mol. The van der Waals surface area contributed by atoms with Crippen LogP contribution in [0.15, 0.2) is 12.3 Å². The van der Waals surface area contributed by atoms with E-state index < -0.39 is 29.8 Å². The van der Waals surface area contributed by atoms with Crippen molar-refractivity contribution in [2.75, 3.05) is 11.9 Å². The first kappa shape index (κ1) is 18.4. The fraction of sp³-hybridized carbons (Fsp3) is 0.500. The molecule has 0 bridgehead atoms. The van der Waals surface area contributed by atoms with Gasteiger partial charge in [0.05, 0.1) is 12.2 Å². The zero-order chi connectivity index (χ0) is 19.2. The lowest BCUT2D eigenvalue weighted by molar-refractivity contribution is 0.0587. The molecular formula is C16H19ClFN5O3. The normalized spacial score (nSPS) is 19.3. The number of ether oxygens (including phenoxy) is 1. The Morgan fingerprint density at radius 1 is 1.46 bits per heavy atom. The molecule has 0 aromatic carbocycles. The lowest BCUT2D eigenvalue weighted by atomic mass is 10.2. The summed E-state index contributed by atoms with van der Waals surface area (Å²) < 4.78 is 19.7. The number of hydrogen-bond donors (Lipinski definition) is 1. The fourth-order valence-corrected chi connectivity index (χ4v) is 2.48. The van der Waals surface area contributed by atoms with Crippen LogP contribution in [0.3, 0.4) is 0 Å². The van der Waals surface area contributed by atoms with E-state index in [1.165, 1.54) is 28.7 Å². The minimum absolute atomic E-state index is 0.0762. The Hall–Kier alpha value is -2.42. The number of alkyl halides is 1. The van der Waals surface area contributed by atoms with Gasteiger partial charge in [-0.05, 0) is 20.8 Å². The Labute approximate surface area is 154 Å². The smallest absolute Gasteiger partial charge is 0.415 e. The van der Waals surface area contributed by atoms with Crippen LogP contribution in [-0.4, -0.2) is 51.5 Å². The van der Waals surface area contributed by atoms with Crippen molar-refractivity contribution < 1.29 is 18.7 Å². The van der Waals surface area contributed by atoms with Gasteiger partial charge in [0, 0.05) is 19.5 Å². The van der Waals surface area contributed by atoms with Gasteiger partial charge in [0.2, 0.25) is 0 Å². The highest BCUT2D eigenvalue weighted by Crippen LogP contribution is 2.27. The molecule has 2 aromatic heterocycles. The van der Waals surface area contributed by atoms with Gasteiger partial charge in [-0.3, -0.25) is 9.69 Å². The van der Waals surface area contributed by atoms with E-state index in [1.54, 1.807) is 20.8 Å². The molecule has 0 radical (unpaired) electrons. The van der Waals surface area contributed by atoms with E-state index in [-0.39, 0.29) is 22.2 Å². The van der Waals surface area contributed by atoms with Crippen LogP contribution in [0.5, 0.6) is 0 Å². The number of nitrogens with one attached hydrogen (secondary N) is 1. The minimum Gasteiger partial charge on any atom is -0.443 e. The highest BCUT2D eigenvalue weighted by molar-refractivity contribution is 6.30. The zero-order valence-corrected chi connectivity index (χ0v) is 15.5. The van der Waals surface area contributed by atoms with Crippen LogP contribution < -0.4 is 10.2 Å². The molecule has 8 nitrogen and oxygen atoms in total. The van der Waals surface area contributed by atoms with E-state index in [9.17, 15) is 14.0 Å². The van der Waals surface area contributed by atoms with Crippen molar-refractivity contribution in [3.05, 3.63) is 23.0 Å². The van der Waals surface area contributed by atoms with E-state index >= 15 is 0 Å². The van der Waals surface area contributed by atoms with E-state index in [2.05, 4.69) is 15.4 Å². The third kappa shape index (κ3) is 3.72. The summed E-state index contributed by atoms with van der Waals surface area (Å²) in [7, 11) is 1.50. The molecular weight excluding hydrogens is 365 g/mol. The number of nitrogens with zero attached hydrogens (tertiary/aromatic N) is 4. The molecule has 1 aliphatic rings. The van der Waals surface area contributed by atoms with Crippen LogP contribution in [0.25, 0.3) is 5.65 Å². The number of fused-ring (bicyclic) bond motifs is 1. The molecule has 1 saturated carbocycles. The van der Waals surface area contributed by atoms with Crippen LogP contribution in [0.2, 0.25) is 5.15 Å². The number of amides is 2. The standard InChI is InChI=1S/C16H19ClFN5O3/c1-16(2,3)26-15(25)22(4)12-6-11(17)21-13-8(7-19-23(12)13)14(24)20-10-5-9(10)18/h6-7,9-10H,5H2,1-4H3,(H,20,24)/t9-,10?/m0/s1. The van der Waals surface area contributed by atoms with Crippen molar-refractivity contribution >= 4 is 35.1 Å². The van der Waals surface area contributed by atoms with Crippen LogP contribution in [-0.2, 0) is 4.74 Å². The lowest BCUT2D eigenvalue weighted by Crippen LogP contribution is -2.35. The number of carbonyl (C=O) groups is 2. The van der Waals surface area contributed by atoms with Crippen molar-refractivity contribution in [2.24, 2.45) is 0 Å². The van der Waals surface area contributed by atoms with Crippen LogP contribution in [0, 0.1) is 0 Å². The maximum atomic E-state index is 13.0. The molecule has 10 heteroatoms. The predicted octanol–water partition coefficient (Wildman–Crippen LogP) is 2.59. The first-order valence-electron chi connectivity index (χ1n) is 8.03. The second-order valence-electron chi connectivity index (χ2n) is 7.10. The Kier molecular flexibility index (Phi) is 4.51. The number of aromatic nitrogens is 3. The van der Waals surface area contributed by atoms with Crippen LogP contribution in [0.4, 0.5) is 15.0 Å².